The second-order valence-corrected chi connectivity index (χ2v) is 7.10. The van der Waals surface area contributed by atoms with E-state index in [-0.39, 0.29) is 30.5 Å². The zero-order chi connectivity index (χ0) is 19.0. The summed E-state index contributed by atoms with van der Waals surface area (Å²) in [6.45, 7) is 0.231. The van der Waals surface area contributed by atoms with Crippen molar-refractivity contribution in [3.05, 3.63) is 60.0 Å². The molecule has 1 aliphatic rings. The fourth-order valence-corrected chi connectivity index (χ4v) is 3.48. The highest BCUT2D eigenvalue weighted by Crippen LogP contribution is 2.32. The van der Waals surface area contributed by atoms with Gasteiger partial charge in [-0.25, -0.2) is 8.78 Å². The molecule has 8 heteroatoms. The van der Waals surface area contributed by atoms with Crippen LogP contribution < -0.4 is 4.90 Å². The van der Waals surface area contributed by atoms with Gasteiger partial charge in [-0.05, 0) is 42.7 Å². The van der Waals surface area contributed by atoms with Crippen molar-refractivity contribution in [1.29, 1.82) is 0 Å². The molecule has 5 nitrogen and oxygen atoms in total. The monoisotopic (exact) mass is 387 g/mol. The molecule has 1 aliphatic heterocycles. The van der Waals surface area contributed by atoms with Crippen LogP contribution in [0, 0.1) is 11.6 Å². The maximum atomic E-state index is 13.5. The predicted octanol–water partition coefficient (Wildman–Crippen LogP) is 4.26. The van der Waals surface area contributed by atoms with E-state index >= 15 is 0 Å². The van der Waals surface area contributed by atoms with Crippen LogP contribution in [0.15, 0.2) is 51.9 Å². The van der Waals surface area contributed by atoms with E-state index in [9.17, 15) is 13.6 Å². The number of halogens is 2. The van der Waals surface area contributed by atoms with Crippen LogP contribution in [-0.4, -0.2) is 28.8 Å². The summed E-state index contributed by atoms with van der Waals surface area (Å²) in [5.74, 6) is -1.23. The number of carbonyl (C=O) groups excluding carboxylic acids is 1. The minimum Gasteiger partial charge on any atom is -0.339 e. The lowest BCUT2D eigenvalue weighted by atomic mass is 10.1. The molecule has 1 fully saturated rings. The number of hydrogen-bond acceptors (Lipinski definition) is 5. The SMILES string of the molecule is CSc1ccc(-c2noc(C3CC(=O)N(c4cc(F)cc(F)c4)C3)n2)cc1. The van der Waals surface area contributed by atoms with Crippen molar-refractivity contribution in [2.24, 2.45) is 0 Å². The average molecular weight is 387 g/mol. The number of rotatable bonds is 4. The van der Waals surface area contributed by atoms with E-state index in [1.807, 2.05) is 30.5 Å². The highest BCUT2D eigenvalue weighted by Gasteiger charge is 2.35. The Balaban J connectivity index is 1.54. The Hall–Kier alpha value is -2.74. The van der Waals surface area contributed by atoms with Crippen molar-refractivity contribution in [3.63, 3.8) is 0 Å². The van der Waals surface area contributed by atoms with Gasteiger partial charge in [0.05, 0.1) is 5.92 Å². The lowest BCUT2D eigenvalue weighted by Crippen LogP contribution is -2.24. The second-order valence-electron chi connectivity index (χ2n) is 6.22. The summed E-state index contributed by atoms with van der Waals surface area (Å²) < 4.78 is 32.3. The van der Waals surface area contributed by atoms with Gasteiger partial charge in [-0.1, -0.05) is 5.16 Å². The minimum absolute atomic E-state index is 0.144. The van der Waals surface area contributed by atoms with Crippen LogP contribution in [0.2, 0.25) is 0 Å². The second kappa shape index (κ2) is 7.11. The van der Waals surface area contributed by atoms with Crippen LogP contribution in [0.5, 0.6) is 0 Å². The lowest BCUT2D eigenvalue weighted by molar-refractivity contribution is -0.117. The first kappa shape index (κ1) is 17.7. The Labute approximate surface area is 158 Å². The maximum Gasteiger partial charge on any atom is 0.232 e. The smallest absolute Gasteiger partial charge is 0.232 e. The molecule has 4 rings (SSSR count). The van der Waals surface area contributed by atoms with Gasteiger partial charge in [0, 0.05) is 35.2 Å². The van der Waals surface area contributed by atoms with Crippen molar-refractivity contribution < 1.29 is 18.1 Å². The summed E-state index contributed by atoms with van der Waals surface area (Å²) in [7, 11) is 0. The third-order valence-electron chi connectivity index (χ3n) is 4.42. The van der Waals surface area contributed by atoms with Gasteiger partial charge < -0.3 is 9.42 Å². The Morgan fingerprint density at radius 1 is 1.15 bits per heavy atom. The highest BCUT2D eigenvalue weighted by molar-refractivity contribution is 7.98. The molecule has 0 spiro atoms. The maximum absolute atomic E-state index is 13.5. The molecule has 0 radical (unpaired) electrons. The Morgan fingerprint density at radius 3 is 2.52 bits per heavy atom. The molecule has 1 unspecified atom stereocenters. The van der Waals surface area contributed by atoms with Gasteiger partial charge in [0.2, 0.25) is 17.6 Å². The molecule has 2 aromatic carbocycles. The van der Waals surface area contributed by atoms with E-state index in [0.717, 1.165) is 28.7 Å². The Morgan fingerprint density at radius 2 is 1.85 bits per heavy atom. The largest absolute Gasteiger partial charge is 0.339 e. The van der Waals surface area contributed by atoms with Crippen LogP contribution >= 0.6 is 11.8 Å². The van der Waals surface area contributed by atoms with E-state index in [2.05, 4.69) is 10.1 Å². The van der Waals surface area contributed by atoms with E-state index in [4.69, 9.17) is 4.52 Å². The van der Waals surface area contributed by atoms with E-state index < -0.39 is 11.6 Å². The normalized spacial score (nSPS) is 16.9. The number of nitrogens with zero attached hydrogens (tertiary/aromatic N) is 3. The molecule has 1 saturated heterocycles. The number of benzene rings is 2. The van der Waals surface area contributed by atoms with Crippen molar-refractivity contribution in [1.82, 2.24) is 10.1 Å². The van der Waals surface area contributed by atoms with Crippen LogP contribution in [0.4, 0.5) is 14.5 Å². The quantitative estimate of drug-likeness (QED) is 0.626. The van der Waals surface area contributed by atoms with E-state index in [1.165, 1.54) is 4.90 Å². The molecule has 27 heavy (non-hydrogen) atoms. The molecule has 0 N–H and O–H groups in total. The molecule has 0 aliphatic carbocycles. The summed E-state index contributed by atoms with van der Waals surface area (Å²) >= 11 is 1.64. The van der Waals surface area contributed by atoms with Crippen molar-refractivity contribution in [2.75, 3.05) is 17.7 Å². The van der Waals surface area contributed by atoms with Crippen LogP contribution in [0.3, 0.4) is 0 Å². The van der Waals surface area contributed by atoms with E-state index in [1.54, 1.807) is 11.8 Å². The summed E-state index contributed by atoms with van der Waals surface area (Å²) in [4.78, 5) is 19.2. The van der Waals surface area contributed by atoms with Gasteiger partial charge in [-0.3, -0.25) is 4.79 Å². The molecular formula is C19H15F2N3O2S. The lowest BCUT2D eigenvalue weighted by Gasteiger charge is -2.16. The molecular weight excluding hydrogens is 372 g/mol. The van der Waals surface area contributed by atoms with Gasteiger partial charge in [0.15, 0.2) is 0 Å². The van der Waals surface area contributed by atoms with Gasteiger partial charge in [0.1, 0.15) is 11.6 Å². The molecule has 2 heterocycles. The average Bonchev–Trinajstić information content (AvgIpc) is 3.28. The summed E-state index contributed by atoms with van der Waals surface area (Å²) in [5, 5.41) is 3.99. The number of amides is 1. The Bertz CT molecular complexity index is 971. The van der Waals surface area contributed by atoms with Crippen molar-refractivity contribution >= 4 is 23.4 Å². The minimum atomic E-state index is -0.727. The summed E-state index contributed by atoms with van der Waals surface area (Å²) in [6, 6.07) is 10.8. The summed E-state index contributed by atoms with van der Waals surface area (Å²) in [6.07, 6.45) is 2.14. The topological polar surface area (TPSA) is 59.2 Å². The fraction of sp³-hybridized carbons (Fsp3) is 0.211. The molecule has 1 atom stereocenters. The predicted molar refractivity (Wildman–Crippen MR) is 97.6 cm³/mol. The zero-order valence-electron chi connectivity index (χ0n) is 14.4. The third kappa shape index (κ3) is 3.57. The van der Waals surface area contributed by atoms with Crippen LogP contribution in [0.25, 0.3) is 11.4 Å². The first-order chi connectivity index (χ1) is 13.0. The van der Waals surface area contributed by atoms with Gasteiger partial charge >= 0.3 is 0 Å². The molecule has 138 valence electrons. The molecule has 1 amide bonds. The number of anilines is 1. The number of carbonyl (C=O) groups is 1. The highest BCUT2D eigenvalue weighted by atomic mass is 32.2. The zero-order valence-corrected chi connectivity index (χ0v) is 15.2. The molecule has 0 saturated carbocycles. The van der Waals surface area contributed by atoms with Crippen molar-refractivity contribution in [2.45, 2.75) is 17.2 Å². The number of hydrogen-bond donors (Lipinski definition) is 0. The first-order valence-electron chi connectivity index (χ1n) is 8.28. The first-order valence-corrected chi connectivity index (χ1v) is 9.50. The molecule has 1 aromatic heterocycles. The Kier molecular flexibility index (Phi) is 4.65. The van der Waals surface area contributed by atoms with Crippen molar-refractivity contribution in [3.8, 4) is 11.4 Å². The van der Waals surface area contributed by atoms with Gasteiger partial charge in [-0.2, -0.15) is 4.98 Å². The van der Waals surface area contributed by atoms with Crippen LogP contribution in [0.1, 0.15) is 18.2 Å². The summed E-state index contributed by atoms with van der Waals surface area (Å²) in [5.41, 5.74) is 1.00. The van der Waals surface area contributed by atoms with E-state index in [0.29, 0.717) is 11.7 Å². The standard InChI is InChI=1S/C19H15F2N3O2S/c1-27-16-4-2-11(3-5-16)18-22-19(26-23-18)12-6-17(25)24(10-12)15-8-13(20)7-14(21)9-15/h2-5,7-9,12H,6,10H2,1H3. The number of aromatic nitrogens is 2. The number of thioether (sulfide) groups is 1. The molecule has 3 aromatic rings. The molecule has 0 bridgehead atoms. The third-order valence-corrected chi connectivity index (χ3v) is 5.17. The fourth-order valence-electron chi connectivity index (χ4n) is 3.08. The van der Waals surface area contributed by atoms with Gasteiger partial charge in [0.25, 0.3) is 0 Å². The van der Waals surface area contributed by atoms with Gasteiger partial charge in [-0.15, -0.1) is 11.8 Å². The van der Waals surface area contributed by atoms with Crippen LogP contribution in [-0.2, 0) is 4.79 Å².